The lowest BCUT2D eigenvalue weighted by molar-refractivity contribution is -0.142. The summed E-state index contributed by atoms with van der Waals surface area (Å²) in [6.45, 7) is 15.0. The first-order valence-electron chi connectivity index (χ1n) is 17.2. The van der Waals surface area contributed by atoms with Gasteiger partial charge in [-0.1, -0.05) is 45.7 Å². The molecule has 0 amide bonds. The SMILES string of the molecule is CCC(C)CCC(CC)c1ccc(OCCOCCOCCOCCOCCOCCOCCOCCOCCOCC(=O)O)cc1. The molecule has 274 valence electrons. The van der Waals surface area contributed by atoms with Crippen LogP contribution >= 0.6 is 0 Å². The lowest BCUT2D eigenvalue weighted by Crippen LogP contribution is -2.15. The second-order valence-electron chi connectivity index (χ2n) is 11.0. The van der Waals surface area contributed by atoms with E-state index in [2.05, 4.69) is 45.0 Å². The van der Waals surface area contributed by atoms with E-state index >= 15 is 0 Å². The molecule has 2 atom stereocenters. The average molecular weight is 675 g/mol. The molecule has 0 aliphatic carbocycles. The van der Waals surface area contributed by atoms with E-state index in [0.29, 0.717) is 118 Å². The third-order valence-electron chi connectivity index (χ3n) is 7.25. The van der Waals surface area contributed by atoms with Crippen molar-refractivity contribution in [3.05, 3.63) is 29.8 Å². The quantitative estimate of drug-likeness (QED) is 0.0998. The molecule has 0 aliphatic heterocycles. The maximum Gasteiger partial charge on any atom is 0.329 e. The Morgan fingerprint density at radius 2 is 0.894 bits per heavy atom. The van der Waals surface area contributed by atoms with E-state index < -0.39 is 5.97 Å². The Morgan fingerprint density at radius 1 is 0.532 bits per heavy atom. The van der Waals surface area contributed by atoms with Gasteiger partial charge in [0.25, 0.3) is 0 Å². The smallest absolute Gasteiger partial charge is 0.329 e. The number of benzene rings is 1. The van der Waals surface area contributed by atoms with Crippen molar-refractivity contribution in [2.45, 2.75) is 52.4 Å². The van der Waals surface area contributed by atoms with Crippen LogP contribution in [-0.2, 0) is 47.4 Å². The number of carboxylic acids is 1. The molecule has 0 saturated carbocycles. The summed E-state index contributed by atoms with van der Waals surface area (Å²) in [6, 6.07) is 8.54. The van der Waals surface area contributed by atoms with Gasteiger partial charge in [0.2, 0.25) is 0 Å². The van der Waals surface area contributed by atoms with Crippen LogP contribution in [0.2, 0.25) is 0 Å². The van der Waals surface area contributed by atoms with E-state index in [1.54, 1.807) is 0 Å². The average Bonchev–Trinajstić information content (AvgIpc) is 3.08. The minimum absolute atomic E-state index is 0.244. The standard InChI is InChI=1S/C35H62O12/c1-4-31(3)6-7-32(5-2)33-8-10-34(11-9-33)47-29-28-45-25-24-43-21-20-41-17-16-39-13-12-38-14-15-40-18-19-42-22-23-44-26-27-46-30-35(36)37/h8-11,31-32H,4-7,12-30H2,1-3H3,(H,36,37). The van der Waals surface area contributed by atoms with Crippen LogP contribution in [0.25, 0.3) is 0 Å². The zero-order valence-corrected chi connectivity index (χ0v) is 29.2. The molecule has 0 aromatic heterocycles. The van der Waals surface area contributed by atoms with Crippen molar-refractivity contribution in [2.24, 2.45) is 5.92 Å². The van der Waals surface area contributed by atoms with Crippen molar-refractivity contribution in [2.75, 3.05) is 126 Å². The summed E-state index contributed by atoms with van der Waals surface area (Å²) >= 11 is 0. The Balaban J connectivity index is 1.77. The fraction of sp³-hybridized carbons (Fsp3) is 0.800. The number of hydrogen-bond acceptors (Lipinski definition) is 11. The van der Waals surface area contributed by atoms with Crippen LogP contribution in [-0.4, -0.2) is 137 Å². The number of ether oxygens (including phenoxy) is 10. The van der Waals surface area contributed by atoms with Gasteiger partial charge >= 0.3 is 5.97 Å². The van der Waals surface area contributed by atoms with Gasteiger partial charge in [-0.2, -0.15) is 0 Å². The maximum absolute atomic E-state index is 10.3. The van der Waals surface area contributed by atoms with Gasteiger partial charge in [-0.25, -0.2) is 4.79 Å². The highest BCUT2D eigenvalue weighted by molar-refractivity contribution is 5.67. The zero-order chi connectivity index (χ0) is 34.0. The van der Waals surface area contributed by atoms with Crippen LogP contribution in [0, 0.1) is 5.92 Å². The van der Waals surface area contributed by atoms with Gasteiger partial charge in [-0.15, -0.1) is 0 Å². The number of hydrogen-bond donors (Lipinski definition) is 1. The van der Waals surface area contributed by atoms with Crippen LogP contribution in [0.4, 0.5) is 0 Å². The van der Waals surface area contributed by atoms with E-state index in [9.17, 15) is 4.79 Å². The first-order valence-corrected chi connectivity index (χ1v) is 17.2. The van der Waals surface area contributed by atoms with Crippen LogP contribution in [0.15, 0.2) is 24.3 Å². The monoisotopic (exact) mass is 674 g/mol. The van der Waals surface area contributed by atoms with Gasteiger partial charge in [0.1, 0.15) is 19.0 Å². The summed E-state index contributed by atoms with van der Waals surface area (Å²) in [5.41, 5.74) is 1.40. The van der Waals surface area contributed by atoms with Crippen molar-refractivity contribution in [3.63, 3.8) is 0 Å². The highest BCUT2D eigenvalue weighted by Gasteiger charge is 2.11. The molecular formula is C35H62O12. The Labute approximate surface area is 282 Å². The second kappa shape index (κ2) is 32.7. The third-order valence-corrected chi connectivity index (χ3v) is 7.25. The van der Waals surface area contributed by atoms with Gasteiger partial charge < -0.3 is 52.5 Å². The number of aliphatic carboxylic acids is 1. The Morgan fingerprint density at radius 3 is 1.23 bits per heavy atom. The van der Waals surface area contributed by atoms with E-state index in [4.69, 9.17) is 52.5 Å². The number of rotatable bonds is 36. The fourth-order valence-electron chi connectivity index (χ4n) is 4.27. The Kier molecular flexibility index (Phi) is 30.0. The summed E-state index contributed by atoms with van der Waals surface area (Å²) in [7, 11) is 0. The van der Waals surface area contributed by atoms with Crippen LogP contribution in [0.3, 0.4) is 0 Å². The summed E-state index contributed by atoms with van der Waals surface area (Å²) < 4.78 is 54.3. The molecule has 1 rings (SSSR count). The molecule has 0 bridgehead atoms. The van der Waals surface area contributed by atoms with Gasteiger partial charge in [-0.3, -0.25) is 0 Å². The summed E-state index contributed by atoms with van der Waals surface area (Å²) in [4.78, 5) is 10.3. The summed E-state index contributed by atoms with van der Waals surface area (Å²) in [5.74, 6) is 1.30. The topological polar surface area (TPSA) is 130 Å². The molecule has 1 aromatic carbocycles. The van der Waals surface area contributed by atoms with Crippen molar-refractivity contribution in [1.29, 1.82) is 0 Å². The highest BCUT2D eigenvalue weighted by Crippen LogP contribution is 2.28. The molecule has 0 radical (unpaired) electrons. The fourth-order valence-corrected chi connectivity index (χ4v) is 4.27. The normalized spacial score (nSPS) is 12.7. The van der Waals surface area contributed by atoms with Crippen molar-refractivity contribution < 1.29 is 57.3 Å². The van der Waals surface area contributed by atoms with Gasteiger partial charge in [-0.05, 0) is 42.4 Å². The first-order chi connectivity index (χ1) is 23.1. The maximum atomic E-state index is 10.3. The van der Waals surface area contributed by atoms with Crippen LogP contribution < -0.4 is 4.74 Å². The number of carboxylic acid groups (broad SMARTS) is 1. The lowest BCUT2D eigenvalue weighted by atomic mass is 9.88. The largest absolute Gasteiger partial charge is 0.491 e. The molecule has 0 spiro atoms. The Hall–Kier alpha value is -1.87. The van der Waals surface area contributed by atoms with Crippen molar-refractivity contribution in [1.82, 2.24) is 0 Å². The lowest BCUT2D eigenvalue weighted by Gasteiger charge is -2.18. The molecule has 12 nitrogen and oxygen atoms in total. The predicted octanol–water partition coefficient (Wildman–Crippen LogP) is 4.62. The minimum Gasteiger partial charge on any atom is -0.491 e. The van der Waals surface area contributed by atoms with E-state index in [-0.39, 0.29) is 13.2 Å². The highest BCUT2D eigenvalue weighted by atomic mass is 16.6. The molecule has 0 heterocycles. The van der Waals surface area contributed by atoms with Gasteiger partial charge in [0.05, 0.1) is 112 Å². The number of carbonyl (C=O) groups is 1. The third kappa shape index (κ3) is 27.7. The molecule has 12 heteroatoms. The Bertz CT molecular complexity index is 810. The van der Waals surface area contributed by atoms with Gasteiger partial charge in [0, 0.05) is 0 Å². The molecule has 1 N–H and O–H groups in total. The summed E-state index contributed by atoms with van der Waals surface area (Å²) in [6.07, 6.45) is 4.94. The van der Waals surface area contributed by atoms with E-state index in [0.717, 1.165) is 11.7 Å². The summed E-state index contributed by atoms with van der Waals surface area (Å²) in [5, 5.41) is 8.43. The molecule has 47 heavy (non-hydrogen) atoms. The van der Waals surface area contributed by atoms with Crippen LogP contribution in [0.5, 0.6) is 5.75 Å². The zero-order valence-electron chi connectivity index (χ0n) is 29.2. The minimum atomic E-state index is -0.993. The predicted molar refractivity (Wildman–Crippen MR) is 179 cm³/mol. The molecular weight excluding hydrogens is 612 g/mol. The molecule has 1 aromatic rings. The molecule has 0 fully saturated rings. The van der Waals surface area contributed by atoms with E-state index in [1.165, 1.54) is 31.2 Å². The van der Waals surface area contributed by atoms with E-state index in [1.807, 2.05) is 0 Å². The van der Waals surface area contributed by atoms with Crippen molar-refractivity contribution in [3.8, 4) is 5.75 Å². The molecule has 0 saturated heterocycles. The van der Waals surface area contributed by atoms with Crippen LogP contribution in [0.1, 0.15) is 57.9 Å². The first kappa shape index (κ1) is 43.2. The second-order valence-corrected chi connectivity index (χ2v) is 11.0. The molecule has 2 unspecified atom stereocenters. The molecule has 0 aliphatic rings. The van der Waals surface area contributed by atoms with Gasteiger partial charge in [0.15, 0.2) is 0 Å². The van der Waals surface area contributed by atoms with Crippen molar-refractivity contribution >= 4 is 5.97 Å².